The van der Waals surface area contributed by atoms with E-state index < -0.39 is 0 Å². The van der Waals surface area contributed by atoms with Gasteiger partial charge in [-0.15, -0.1) is 0 Å². The fraction of sp³-hybridized carbons (Fsp3) is 0.385. The van der Waals surface area contributed by atoms with Gasteiger partial charge in [0.15, 0.2) is 0 Å². The van der Waals surface area contributed by atoms with Crippen molar-refractivity contribution in [2.24, 2.45) is 0 Å². The van der Waals surface area contributed by atoms with Crippen molar-refractivity contribution in [3.8, 4) is 0 Å². The first-order valence-corrected chi connectivity index (χ1v) is 6.92. The second-order valence-corrected chi connectivity index (χ2v) is 5.60. The van der Waals surface area contributed by atoms with Crippen molar-refractivity contribution >= 4 is 40.8 Å². The van der Waals surface area contributed by atoms with Gasteiger partial charge in [0.2, 0.25) is 5.91 Å². The van der Waals surface area contributed by atoms with E-state index in [0.717, 1.165) is 12.8 Å². The number of carbonyl (C=O) groups excluding carboxylic acids is 2. The first-order valence-electron chi connectivity index (χ1n) is 6.16. The predicted octanol–water partition coefficient (Wildman–Crippen LogP) is 3.31. The molecule has 0 unspecified atom stereocenters. The van der Waals surface area contributed by atoms with Gasteiger partial charge in [-0.25, -0.2) is 9.69 Å². The van der Waals surface area contributed by atoms with Crippen LogP contribution in [0, 0.1) is 0 Å². The minimum absolute atomic E-state index is 0.194. The van der Waals surface area contributed by atoms with E-state index in [1.807, 2.05) is 0 Å². The van der Waals surface area contributed by atoms with Crippen molar-refractivity contribution in [3.05, 3.63) is 28.2 Å². The highest BCUT2D eigenvalue weighted by Crippen LogP contribution is 2.33. The number of imide groups is 1. The number of carbonyl (C=O) groups is 2. The summed E-state index contributed by atoms with van der Waals surface area (Å²) in [6, 6.07) is 4.83. The van der Waals surface area contributed by atoms with Crippen LogP contribution in [-0.2, 0) is 4.79 Å². The largest absolute Gasteiger partial charge is 0.331 e. The molecule has 1 saturated carbocycles. The van der Waals surface area contributed by atoms with Gasteiger partial charge < -0.3 is 4.90 Å². The van der Waals surface area contributed by atoms with Crippen molar-refractivity contribution in [2.75, 3.05) is 11.4 Å². The van der Waals surface area contributed by atoms with Crippen LogP contribution in [0.15, 0.2) is 18.2 Å². The van der Waals surface area contributed by atoms with Crippen LogP contribution in [-0.4, -0.2) is 29.4 Å². The molecule has 19 heavy (non-hydrogen) atoms. The lowest BCUT2D eigenvalue weighted by Gasteiger charge is -2.34. The normalized spacial score (nSPS) is 20.1. The van der Waals surface area contributed by atoms with Crippen molar-refractivity contribution in [1.29, 1.82) is 0 Å². The molecule has 2 aliphatic rings. The highest BCUT2D eigenvalue weighted by Gasteiger charge is 2.40. The SMILES string of the molecule is O=C1CCN(C2CC2)C(=O)N1c1ccc(Cl)c(Cl)c1. The van der Waals surface area contributed by atoms with Crippen molar-refractivity contribution < 1.29 is 9.59 Å². The topological polar surface area (TPSA) is 40.6 Å². The number of amides is 3. The van der Waals surface area contributed by atoms with Crippen LogP contribution in [0.2, 0.25) is 10.0 Å². The minimum atomic E-state index is -0.253. The number of hydrogen-bond donors (Lipinski definition) is 0. The van der Waals surface area contributed by atoms with Gasteiger partial charge >= 0.3 is 6.03 Å². The molecule has 4 nitrogen and oxygen atoms in total. The van der Waals surface area contributed by atoms with Crippen molar-refractivity contribution in [3.63, 3.8) is 0 Å². The Labute approximate surface area is 120 Å². The number of anilines is 1. The van der Waals surface area contributed by atoms with E-state index in [2.05, 4.69) is 0 Å². The van der Waals surface area contributed by atoms with Gasteiger partial charge in [0.1, 0.15) is 0 Å². The second kappa shape index (κ2) is 4.69. The summed E-state index contributed by atoms with van der Waals surface area (Å²) in [5, 5.41) is 0.740. The van der Waals surface area contributed by atoms with Crippen molar-refractivity contribution in [1.82, 2.24) is 4.90 Å². The van der Waals surface area contributed by atoms with Crippen molar-refractivity contribution in [2.45, 2.75) is 25.3 Å². The molecule has 0 spiro atoms. The molecule has 1 aliphatic carbocycles. The molecule has 0 N–H and O–H groups in total. The molecule has 2 fully saturated rings. The molecule has 1 heterocycles. The van der Waals surface area contributed by atoms with Crippen LogP contribution in [0.5, 0.6) is 0 Å². The third-order valence-electron chi connectivity index (χ3n) is 3.40. The molecular formula is C13H12Cl2N2O2. The predicted molar refractivity (Wildman–Crippen MR) is 73.7 cm³/mol. The molecule has 100 valence electrons. The highest BCUT2D eigenvalue weighted by molar-refractivity contribution is 6.42. The van der Waals surface area contributed by atoms with Gasteiger partial charge in [-0.1, -0.05) is 23.2 Å². The number of urea groups is 1. The second-order valence-electron chi connectivity index (χ2n) is 4.78. The monoisotopic (exact) mass is 298 g/mol. The highest BCUT2D eigenvalue weighted by atomic mass is 35.5. The minimum Gasteiger partial charge on any atom is -0.320 e. The Bertz CT molecular complexity index is 558. The van der Waals surface area contributed by atoms with E-state index in [1.54, 1.807) is 23.1 Å². The number of hydrogen-bond acceptors (Lipinski definition) is 2. The van der Waals surface area contributed by atoms with Gasteiger partial charge in [0, 0.05) is 19.0 Å². The summed E-state index contributed by atoms with van der Waals surface area (Å²) in [5.74, 6) is -0.194. The summed E-state index contributed by atoms with van der Waals surface area (Å²) in [7, 11) is 0. The molecule has 0 aromatic heterocycles. The molecule has 3 amide bonds. The van der Waals surface area contributed by atoms with Crippen LogP contribution in [0.1, 0.15) is 19.3 Å². The van der Waals surface area contributed by atoms with E-state index in [4.69, 9.17) is 23.2 Å². The van der Waals surface area contributed by atoms with Crippen LogP contribution < -0.4 is 4.90 Å². The molecule has 1 aromatic carbocycles. The van der Waals surface area contributed by atoms with E-state index in [-0.39, 0.29) is 11.9 Å². The standard InChI is InChI=1S/C13H12Cl2N2O2/c14-10-4-3-9(7-11(10)15)17-12(18)5-6-16(13(17)19)8-1-2-8/h3-4,7-8H,1-2,5-6H2. The smallest absolute Gasteiger partial charge is 0.320 e. The summed E-state index contributed by atoms with van der Waals surface area (Å²) in [5.41, 5.74) is 0.481. The average Bonchev–Trinajstić information content (AvgIpc) is 3.18. The summed E-state index contributed by atoms with van der Waals surface area (Å²) < 4.78 is 0. The van der Waals surface area contributed by atoms with Gasteiger partial charge in [-0.3, -0.25) is 4.79 Å². The molecule has 0 atom stereocenters. The van der Waals surface area contributed by atoms with E-state index >= 15 is 0 Å². The third kappa shape index (κ3) is 2.30. The molecule has 0 radical (unpaired) electrons. The maximum atomic E-state index is 12.4. The Morgan fingerprint density at radius 3 is 2.47 bits per heavy atom. The Hall–Kier alpha value is -1.26. The Balaban J connectivity index is 1.93. The first kappa shape index (κ1) is 12.8. The first-order chi connectivity index (χ1) is 9.08. The molecule has 1 aliphatic heterocycles. The molecule has 6 heteroatoms. The number of rotatable bonds is 2. The Morgan fingerprint density at radius 1 is 1.11 bits per heavy atom. The summed E-state index contributed by atoms with van der Waals surface area (Å²) in [6.45, 7) is 0.514. The summed E-state index contributed by atoms with van der Waals surface area (Å²) in [4.78, 5) is 27.3. The van der Waals surface area contributed by atoms with Gasteiger partial charge in [-0.05, 0) is 31.0 Å². The number of benzene rings is 1. The molecule has 1 aromatic rings. The molecule has 1 saturated heterocycles. The van der Waals surface area contributed by atoms with Crippen LogP contribution in [0.25, 0.3) is 0 Å². The molecule has 3 rings (SSSR count). The average molecular weight is 299 g/mol. The number of nitrogens with zero attached hydrogens (tertiary/aromatic N) is 2. The van der Waals surface area contributed by atoms with Crippen LogP contribution in [0.4, 0.5) is 10.5 Å². The zero-order valence-corrected chi connectivity index (χ0v) is 11.6. The van der Waals surface area contributed by atoms with E-state index in [1.165, 1.54) is 4.90 Å². The summed E-state index contributed by atoms with van der Waals surface area (Å²) in [6.07, 6.45) is 2.40. The Kier molecular flexibility index (Phi) is 3.15. The van der Waals surface area contributed by atoms with Gasteiger partial charge in [0.25, 0.3) is 0 Å². The number of halogens is 2. The fourth-order valence-corrected chi connectivity index (χ4v) is 2.55. The van der Waals surface area contributed by atoms with Gasteiger partial charge in [0.05, 0.1) is 15.7 Å². The lowest BCUT2D eigenvalue weighted by Crippen LogP contribution is -2.53. The van der Waals surface area contributed by atoms with E-state index in [0.29, 0.717) is 34.7 Å². The fourth-order valence-electron chi connectivity index (χ4n) is 2.26. The zero-order valence-electron chi connectivity index (χ0n) is 10.1. The maximum absolute atomic E-state index is 12.4. The Morgan fingerprint density at radius 2 is 1.84 bits per heavy atom. The summed E-state index contributed by atoms with van der Waals surface area (Å²) >= 11 is 11.8. The lowest BCUT2D eigenvalue weighted by atomic mass is 10.2. The van der Waals surface area contributed by atoms with Crippen LogP contribution >= 0.6 is 23.2 Å². The maximum Gasteiger partial charge on any atom is 0.331 e. The lowest BCUT2D eigenvalue weighted by molar-refractivity contribution is -0.119. The van der Waals surface area contributed by atoms with Gasteiger partial charge in [-0.2, -0.15) is 0 Å². The van der Waals surface area contributed by atoms with E-state index in [9.17, 15) is 9.59 Å². The third-order valence-corrected chi connectivity index (χ3v) is 4.14. The zero-order chi connectivity index (χ0) is 13.6. The van der Waals surface area contributed by atoms with Crippen LogP contribution in [0.3, 0.4) is 0 Å². The molecular weight excluding hydrogens is 287 g/mol. The quantitative estimate of drug-likeness (QED) is 0.840. The molecule has 0 bridgehead atoms.